The molecule has 1 heterocycles. The summed E-state index contributed by atoms with van der Waals surface area (Å²) in [5.74, 6) is 0.738. The molecule has 2 aromatic rings. The molecule has 3 rings (SSSR count). The first-order chi connectivity index (χ1) is 10.2. The van der Waals surface area contributed by atoms with Crippen molar-refractivity contribution in [2.45, 2.75) is 12.5 Å². The summed E-state index contributed by atoms with van der Waals surface area (Å²) in [7, 11) is -1.41. The first-order valence-corrected chi connectivity index (χ1v) is 8.56. The quantitative estimate of drug-likeness (QED) is 0.884. The van der Waals surface area contributed by atoms with Crippen molar-refractivity contribution in [2.24, 2.45) is 0 Å². The van der Waals surface area contributed by atoms with E-state index in [9.17, 15) is 4.57 Å². The fourth-order valence-corrected chi connectivity index (χ4v) is 4.43. The van der Waals surface area contributed by atoms with Crippen LogP contribution in [0.5, 0.6) is 5.75 Å². The highest BCUT2D eigenvalue weighted by molar-refractivity contribution is 7.65. The van der Waals surface area contributed by atoms with Gasteiger partial charge in [0.25, 0.3) is 7.52 Å². The number of ether oxygens (including phenoxy) is 1. The molecular weight excluding hydrogens is 285 g/mol. The summed E-state index contributed by atoms with van der Waals surface area (Å²) >= 11 is 0. The van der Waals surface area contributed by atoms with Crippen LogP contribution in [-0.4, -0.2) is 13.7 Å². The van der Waals surface area contributed by atoms with E-state index in [1.54, 1.807) is 31.4 Å². The number of hydrogen-bond acceptors (Lipinski definition) is 3. The molecule has 0 bridgehead atoms. The summed E-state index contributed by atoms with van der Waals surface area (Å²) < 4.78 is 23.8. The number of nitrogens with one attached hydrogen (secondary N) is 1. The van der Waals surface area contributed by atoms with E-state index >= 15 is 0 Å². The minimum absolute atomic E-state index is 0.0490. The summed E-state index contributed by atoms with van der Waals surface area (Å²) in [4.78, 5) is 0. The van der Waals surface area contributed by atoms with Crippen LogP contribution in [0.2, 0.25) is 0 Å². The molecule has 4 nitrogen and oxygen atoms in total. The predicted octanol–water partition coefficient (Wildman–Crippen LogP) is 3.26. The van der Waals surface area contributed by atoms with Crippen molar-refractivity contribution in [1.82, 2.24) is 5.09 Å². The highest BCUT2D eigenvalue weighted by atomic mass is 31.2. The maximum atomic E-state index is 13.0. The van der Waals surface area contributed by atoms with Gasteiger partial charge in [0.15, 0.2) is 0 Å². The molecule has 1 fully saturated rings. The molecule has 0 amide bonds. The molecule has 21 heavy (non-hydrogen) atoms. The predicted molar refractivity (Wildman–Crippen MR) is 83.1 cm³/mol. The van der Waals surface area contributed by atoms with Crippen molar-refractivity contribution in [3.05, 3.63) is 60.2 Å². The van der Waals surface area contributed by atoms with Crippen molar-refractivity contribution in [1.29, 1.82) is 0 Å². The lowest BCUT2D eigenvalue weighted by Crippen LogP contribution is -2.31. The summed E-state index contributed by atoms with van der Waals surface area (Å²) in [5, 5.41) is 3.86. The third-order valence-electron chi connectivity index (χ3n) is 3.62. The number of methoxy groups -OCH3 is 1. The molecular formula is C16H18NO3P. The van der Waals surface area contributed by atoms with E-state index in [1.807, 2.05) is 30.3 Å². The van der Waals surface area contributed by atoms with Gasteiger partial charge in [-0.3, -0.25) is 4.57 Å². The number of rotatable bonds is 3. The third kappa shape index (κ3) is 3.03. The van der Waals surface area contributed by atoms with Crippen LogP contribution in [0.15, 0.2) is 54.6 Å². The molecule has 2 atom stereocenters. The van der Waals surface area contributed by atoms with E-state index in [-0.39, 0.29) is 6.04 Å². The molecule has 0 aliphatic carbocycles. The summed E-state index contributed by atoms with van der Waals surface area (Å²) in [5.41, 5.74) is 1.13. The average molecular weight is 303 g/mol. The highest BCUT2D eigenvalue weighted by Crippen LogP contribution is 2.48. The Morgan fingerprint density at radius 3 is 2.52 bits per heavy atom. The summed E-state index contributed by atoms with van der Waals surface area (Å²) in [6.45, 7) is 0.482. The Hall–Kier alpha value is -1.61. The van der Waals surface area contributed by atoms with Gasteiger partial charge in [0.2, 0.25) is 0 Å². The van der Waals surface area contributed by atoms with Crippen LogP contribution in [0.4, 0.5) is 0 Å². The summed E-state index contributed by atoms with van der Waals surface area (Å²) in [6, 6.07) is 17.3. The lowest BCUT2D eigenvalue weighted by atomic mass is 10.1. The number of benzene rings is 2. The third-order valence-corrected chi connectivity index (χ3v) is 5.80. The van der Waals surface area contributed by atoms with E-state index in [0.717, 1.165) is 17.7 Å². The van der Waals surface area contributed by atoms with Crippen LogP contribution in [-0.2, 0) is 9.09 Å². The lowest BCUT2D eigenvalue weighted by Gasteiger charge is -2.31. The van der Waals surface area contributed by atoms with E-state index in [1.165, 1.54) is 0 Å². The van der Waals surface area contributed by atoms with Crippen molar-refractivity contribution in [3.8, 4) is 5.75 Å². The van der Waals surface area contributed by atoms with E-state index < -0.39 is 7.52 Å². The van der Waals surface area contributed by atoms with E-state index in [4.69, 9.17) is 9.26 Å². The standard InChI is InChI=1S/C16H18NO3P/c1-19-14-7-9-15(10-8-14)21(18)17-16(11-12-20-21)13-5-3-2-4-6-13/h2-10,16H,11-12H2,1H3,(H,17,18). The number of hydrogen-bond donors (Lipinski definition) is 1. The van der Waals surface area contributed by atoms with Gasteiger partial charge in [-0.15, -0.1) is 0 Å². The molecule has 0 spiro atoms. The minimum atomic E-state index is -3.02. The molecule has 2 aromatic carbocycles. The topological polar surface area (TPSA) is 47.6 Å². The first-order valence-electron chi connectivity index (χ1n) is 6.93. The van der Waals surface area contributed by atoms with Gasteiger partial charge in [-0.2, -0.15) is 0 Å². The normalized spacial score (nSPS) is 25.5. The second kappa shape index (κ2) is 6.02. The van der Waals surface area contributed by atoms with E-state index in [2.05, 4.69) is 5.09 Å². The SMILES string of the molecule is COc1ccc(P2(=O)NC(c3ccccc3)CCO2)cc1. The van der Waals surface area contributed by atoms with Crippen molar-refractivity contribution < 1.29 is 13.8 Å². The lowest BCUT2D eigenvalue weighted by molar-refractivity contribution is 0.257. The monoisotopic (exact) mass is 303 g/mol. The van der Waals surface area contributed by atoms with Crippen molar-refractivity contribution >= 4 is 12.8 Å². The van der Waals surface area contributed by atoms with Gasteiger partial charge in [0, 0.05) is 6.04 Å². The van der Waals surface area contributed by atoms with Gasteiger partial charge in [0.05, 0.1) is 19.0 Å². The van der Waals surface area contributed by atoms with Crippen molar-refractivity contribution in [2.75, 3.05) is 13.7 Å². The Morgan fingerprint density at radius 2 is 1.86 bits per heavy atom. The molecule has 110 valence electrons. The Labute approximate surface area is 124 Å². The maximum Gasteiger partial charge on any atom is 0.300 e. The molecule has 1 aliphatic heterocycles. The Kier molecular flexibility index (Phi) is 4.11. The Bertz CT molecular complexity index is 642. The zero-order valence-corrected chi connectivity index (χ0v) is 12.8. The largest absolute Gasteiger partial charge is 0.497 e. The van der Waals surface area contributed by atoms with Gasteiger partial charge in [-0.25, -0.2) is 5.09 Å². The van der Waals surface area contributed by atoms with Crippen LogP contribution >= 0.6 is 7.52 Å². The highest BCUT2D eigenvalue weighted by Gasteiger charge is 2.33. The Balaban J connectivity index is 1.85. The maximum absolute atomic E-state index is 13.0. The zero-order chi connectivity index (χ0) is 14.7. The van der Waals surface area contributed by atoms with Gasteiger partial charge >= 0.3 is 0 Å². The fraction of sp³-hybridized carbons (Fsp3) is 0.250. The van der Waals surface area contributed by atoms with Crippen LogP contribution in [0.1, 0.15) is 18.0 Å². The average Bonchev–Trinajstić information content (AvgIpc) is 2.56. The molecule has 0 aromatic heterocycles. The molecule has 0 saturated carbocycles. The van der Waals surface area contributed by atoms with Gasteiger partial charge in [-0.05, 0) is 36.2 Å². The molecule has 1 aliphatic rings. The molecule has 2 unspecified atom stereocenters. The van der Waals surface area contributed by atoms with Crippen LogP contribution in [0.25, 0.3) is 0 Å². The summed E-state index contributed by atoms with van der Waals surface area (Å²) in [6.07, 6.45) is 0.810. The second-order valence-electron chi connectivity index (χ2n) is 4.96. The fourth-order valence-electron chi connectivity index (χ4n) is 2.46. The van der Waals surface area contributed by atoms with Crippen LogP contribution in [0.3, 0.4) is 0 Å². The first kappa shape index (κ1) is 14.3. The molecule has 1 saturated heterocycles. The smallest absolute Gasteiger partial charge is 0.300 e. The Morgan fingerprint density at radius 1 is 1.14 bits per heavy atom. The van der Waals surface area contributed by atoms with Crippen LogP contribution in [0, 0.1) is 0 Å². The van der Waals surface area contributed by atoms with Crippen LogP contribution < -0.4 is 15.1 Å². The zero-order valence-electron chi connectivity index (χ0n) is 11.9. The van der Waals surface area contributed by atoms with Gasteiger partial charge in [-0.1, -0.05) is 30.3 Å². The van der Waals surface area contributed by atoms with Gasteiger partial charge < -0.3 is 9.26 Å². The second-order valence-corrected chi connectivity index (χ2v) is 7.10. The van der Waals surface area contributed by atoms with Gasteiger partial charge in [0.1, 0.15) is 5.75 Å². The minimum Gasteiger partial charge on any atom is -0.497 e. The molecule has 0 radical (unpaired) electrons. The molecule has 5 heteroatoms. The molecule has 1 N–H and O–H groups in total. The van der Waals surface area contributed by atoms with E-state index in [0.29, 0.717) is 11.9 Å². The van der Waals surface area contributed by atoms with Crippen molar-refractivity contribution in [3.63, 3.8) is 0 Å².